The average molecular weight is 909 g/mol. The Morgan fingerprint density at radius 1 is 0.462 bits per heavy atom. The van der Waals surface area contributed by atoms with Crippen molar-refractivity contribution in [1.82, 2.24) is 0 Å². The normalized spacial score (nSPS) is 13.6. The van der Waals surface area contributed by atoms with E-state index in [1.165, 1.54) is 77.0 Å². The van der Waals surface area contributed by atoms with Gasteiger partial charge in [0.05, 0.1) is 34.4 Å². The maximum absolute atomic E-state index is 12.8. The molecule has 1 N–H and O–H groups in total. The van der Waals surface area contributed by atoms with E-state index in [9.17, 15) is 19.5 Å². The lowest BCUT2D eigenvalue weighted by molar-refractivity contribution is -0.887. The van der Waals surface area contributed by atoms with Gasteiger partial charge >= 0.3 is 17.9 Å². The molecule has 0 amide bonds. The van der Waals surface area contributed by atoms with Crippen LogP contribution in [0.3, 0.4) is 0 Å². The smallest absolute Gasteiger partial charge is 0.362 e. The van der Waals surface area contributed by atoms with Crippen LogP contribution in [0.4, 0.5) is 0 Å². The first-order valence-electron chi connectivity index (χ1n) is 26.1. The highest BCUT2D eigenvalue weighted by Gasteiger charge is 2.31. The minimum absolute atomic E-state index is 0.0494. The maximum atomic E-state index is 12.8. The molecule has 0 aromatic rings. The predicted octanol–water partition coefficient (Wildman–Crippen LogP) is 15.3. The van der Waals surface area contributed by atoms with E-state index in [1.807, 2.05) is 21.1 Å². The average Bonchev–Trinajstić information content (AvgIpc) is 3.27. The van der Waals surface area contributed by atoms with E-state index in [4.69, 9.17) is 14.2 Å². The standard InChI is InChI=1S/C57H97NO7/c1-6-8-10-12-14-16-18-20-22-24-26-28-30-32-34-36-38-40-42-44-46-48-56(60)65-53(51-63-50-49-54(57(61)62)58(3,4)5)52-64-55(59)47-45-43-41-39-37-35-33-31-29-27-25-23-21-19-17-15-13-11-9-7-2/h8-11,14-17,21,23,27,29,33,35,53-54H,6-7,12-13,18-20,22,24-26,28,30-32,34,36-52H2,1-5H3/p+1/b10-8+,11-9+,16-14+,17-15+,23-21+,29-27+,35-33+. The summed E-state index contributed by atoms with van der Waals surface area (Å²) in [5.41, 5.74) is 0. The number of quaternary nitrogens is 1. The van der Waals surface area contributed by atoms with Crippen molar-refractivity contribution in [2.24, 2.45) is 0 Å². The zero-order valence-electron chi connectivity index (χ0n) is 42.4. The van der Waals surface area contributed by atoms with Crippen LogP contribution in [0.1, 0.15) is 206 Å². The Labute approximate surface area is 399 Å². The van der Waals surface area contributed by atoms with Gasteiger partial charge in [-0.25, -0.2) is 4.79 Å². The van der Waals surface area contributed by atoms with Crippen molar-refractivity contribution in [2.75, 3.05) is 41.0 Å². The third kappa shape index (κ3) is 45.5. The molecule has 0 bridgehead atoms. The van der Waals surface area contributed by atoms with Gasteiger partial charge in [0.25, 0.3) is 0 Å². The molecular formula is C57H98NO7+. The number of likely N-dealkylation sites (N-methyl/N-ethyl adjacent to an activating group) is 1. The Bertz CT molecular complexity index is 1330. The van der Waals surface area contributed by atoms with E-state index in [1.54, 1.807) is 0 Å². The second-order valence-electron chi connectivity index (χ2n) is 18.4. The van der Waals surface area contributed by atoms with Crippen LogP contribution >= 0.6 is 0 Å². The molecule has 2 atom stereocenters. The van der Waals surface area contributed by atoms with E-state index in [2.05, 4.69) is 98.9 Å². The van der Waals surface area contributed by atoms with Gasteiger partial charge in [-0.15, -0.1) is 0 Å². The molecule has 372 valence electrons. The number of carboxylic acids is 1. The molecule has 0 aromatic carbocycles. The van der Waals surface area contributed by atoms with Crippen molar-refractivity contribution in [3.63, 3.8) is 0 Å². The van der Waals surface area contributed by atoms with Crippen LogP contribution in [-0.2, 0) is 28.6 Å². The second kappa shape index (κ2) is 47.0. The van der Waals surface area contributed by atoms with E-state index >= 15 is 0 Å². The van der Waals surface area contributed by atoms with Crippen molar-refractivity contribution in [3.05, 3.63) is 85.1 Å². The number of aliphatic carboxylic acids is 1. The summed E-state index contributed by atoms with van der Waals surface area (Å²) in [6, 6.07) is -0.623. The fourth-order valence-electron chi connectivity index (χ4n) is 7.33. The first-order valence-corrected chi connectivity index (χ1v) is 26.1. The molecule has 8 nitrogen and oxygen atoms in total. The number of carboxylic acid groups (broad SMARTS) is 1. The molecule has 0 aliphatic heterocycles. The molecule has 0 saturated carbocycles. The molecule has 0 aliphatic rings. The van der Waals surface area contributed by atoms with Crippen LogP contribution in [-0.4, -0.2) is 80.6 Å². The number of allylic oxidation sites excluding steroid dienone is 14. The van der Waals surface area contributed by atoms with Gasteiger partial charge in [0.15, 0.2) is 12.1 Å². The Balaban J connectivity index is 4.28. The zero-order valence-corrected chi connectivity index (χ0v) is 42.4. The third-order valence-corrected chi connectivity index (χ3v) is 11.3. The summed E-state index contributed by atoms with van der Waals surface area (Å²) in [6.45, 7) is 4.50. The number of rotatable bonds is 46. The van der Waals surface area contributed by atoms with Crippen molar-refractivity contribution >= 4 is 17.9 Å². The molecule has 65 heavy (non-hydrogen) atoms. The number of unbranched alkanes of at least 4 members (excludes halogenated alkanes) is 18. The SMILES string of the molecule is CC/C=C/C/C=C/C/C=C/C/C=C/C/C=C/CCCCCCC(=O)OCC(COCCC(C(=O)O)[N+](C)(C)C)OC(=O)CCCCCCCCCCCCCCCC/C=C/C/C=C/CC. The number of hydrogen-bond acceptors (Lipinski definition) is 6. The van der Waals surface area contributed by atoms with Crippen LogP contribution in [0.5, 0.6) is 0 Å². The molecule has 0 heterocycles. The lowest BCUT2D eigenvalue weighted by atomic mass is 10.0. The highest BCUT2D eigenvalue weighted by Crippen LogP contribution is 2.15. The summed E-state index contributed by atoms with van der Waals surface area (Å²) in [6.07, 6.45) is 62.1. The van der Waals surface area contributed by atoms with E-state index < -0.39 is 18.1 Å². The van der Waals surface area contributed by atoms with Crippen molar-refractivity contribution in [3.8, 4) is 0 Å². The van der Waals surface area contributed by atoms with Crippen molar-refractivity contribution in [1.29, 1.82) is 0 Å². The number of nitrogens with zero attached hydrogens (tertiary/aromatic N) is 1. The summed E-state index contributed by atoms with van der Waals surface area (Å²) >= 11 is 0. The van der Waals surface area contributed by atoms with Crippen LogP contribution in [0.25, 0.3) is 0 Å². The highest BCUT2D eigenvalue weighted by molar-refractivity contribution is 5.72. The van der Waals surface area contributed by atoms with Crippen molar-refractivity contribution in [2.45, 2.75) is 219 Å². The molecular weight excluding hydrogens is 811 g/mol. The Morgan fingerprint density at radius 2 is 0.815 bits per heavy atom. The van der Waals surface area contributed by atoms with Gasteiger partial charge in [0.2, 0.25) is 0 Å². The number of ether oxygens (including phenoxy) is 3. The van der Waals surface area contributed by atoms with Crippen LogP contribution in [0.15, 0.2) is 85.1 Å². The molecule has 0 rings (SSSR count). The topological polar surface area (TPSA) is 99.1 Å². The minimum Gasteiger partial charge on any atom is -0.477 e. The number of hydrogen-bond donors (Lipinski definition) is 1. The molecule has 2 unspecified atom stereocenters. The van der Waals surface area contributed by atoms with Gasteiger partial charge in [-0.2, -0.15) is 0 Å². The quantitative estimate of drug-likeness (QED) is 0.0281. The van der Waals surface area contributed by atoms with Crippen LogP contribution in [0, 0.1) is 0 Å². The number of esters is 2. The van der Waals surface area contributed by atoms with Gasteiger partial charge < -0.3 is 23.8 Å². The fourth-order valence-corrected chi connectivity index (χ4v) is 7.33. The summed E-state index contributed by atoms with van der Waals surface area (Å²) in [7, 11) is 5.52. The van der Waals surface area contributed by atoms with Crippen LogP contribution < -0.4 is 0 Å². The third-order valence-electron chi connectivity index (χ3n) is 11.3. The first kappa shape index (κ1) is 61.5. The first-order chi connectivity index (χ1) is 31.6. The number of carbonyl (C=O) groups excluding carboxylic acids is 2. The molecule has 0 fully saturated rings. The molecule has 0 saturated heterocycles. The summed E-state index contributed by atoms with van der Waals surface area (Å²) < 4.78 is 17.3. The Morgan fingerprint density at radius 3 is 1.20 bits per heavy atom. The predicted molar refractivity (Wildman–Crippen MR) is 275 cm³/mol. The van der Waals surface area contributed by atoms with E-state index in [-0.39, 0.29) is 36.2 Å². The van der Waals surface area contributed by atoms with Gasteiger partial charge in [-0.1, -0.05) is 189 Å². The van der Waals surface area contributed by atoms with Crippen molar-refractivity contribution < 1.29 is 38.2 Å². The molecule has 0 aromatic heterocycles. The minimum atomic E-state index is -0.880. The summed E-state index contributed by atoms with van der Waals surface area (Å²) in [4.78, 5) is 37.2. The largest absolute Gasteiger partial charge is 0.477 e. The molecule has 8 heteroatoms. The monoisotopic (exact) mass is 909 g/mol. The van der Waals surface area contributed by atoms with Gasteiger partial charge in [0.1, 0.15) is 6.61 Å². The zero-order chi connectivity index (χ0) is 47.7. The van der Waals surface area contributed by atoms with E-state index in [0.717, 1.165) is 96.3 Å². The molecule has 0 spiro atoms. The summed E-state index contributed by atoms with van der Waals surface area (Å²) in [5, 5.41) is 9.66. The Hall–Kier alpha value is -3.49. The van der Waals surface area contributed by atoms with Gasteiger partial charge in [-0.05, 0) is 83.5 Å². The van der Waals surface area contributed by atoms with Gasteiger partial charge in [-0.3, -0.25) is 9.59 Å². The maximum Gasteiger partial charge on any atom is 0.362 e. The van der Waals surface area contributed by atoms with Crippen LogP contribution in [0.2, 0.25) is 0 Å². The van der Waals surface area contributed by atoms with E-state index in [0.29, 0.717) is 19.3 Å². The fraction of sp³-hybridized carbons (Fsp3) is 0.702. The second-order valence-corrected chi connectivity index (χ2v) is 18.4. The lowest BCUT2D eigenvalue weighted by Crippen LogP contribution is -2.50. The highest BCUT2D eigenvalue weighted by atomic mass is 16.6. The molecule has 0 radical (unpaired) electrons. The molecule has 0 aliphatic carbocycles. The van der Waals surface area contributed by atoms with Gasteiger partial charge in [0, 0.05) is 19.3 Å². The summed E-state index contributed by atoms with van der Waals surface area (Å²) in [5.74, 6) is -1.50. The number of carbonyl (C=O) groups is 3. The lowest BCUT2D eigenvalue weighted by Gasteiger charge is -2.31. The Kier molecular flexibility index (Phi) is 44.5.